The monoisotopic (exact) mass is 269 g/mol. The summed E-state index contributed by atoms with van der Waals surface area (Å²) in [6.45, 7) is 11.9. The van der Waals surface area contributed by atoms with Crippen LogP contribution in [-0.4, -0.2) is 24.0 Å². The van der Waals surface area contributed by atoms with Crippen LogP contribution in [0.3, 0.4) is 0 Å². The minimum atomic E-state index is 0.859. The molecule has 0 heterocycles. The molecule has 0 aromatic carbocycles. The van der Waals surface area contributed by atoms with Crippen molar-refractivity contribution >= 4 is 0 Å². The summed E-state index contributed by atoms with van der Waals surface area (Å²) in [5.41, 5.74) is 0. The van der Waals surface area contributed by atoms with Gasteiger partial charge >= 0.3 is 0 Å². The molecule has 0 bridgehead atoms. The van der Waals surface area contributed by atoms with Crippen molar-refractivity contribution in [3.05, 3.63) is 0 Å². The van der Waals surface area contributed by atoms with Gasteiger partial charge in [0.05, 0.1) is 0 Å². The Morgan fingerprint density at radius 3 is 1.84 bits per heavy atom. The van der Waals surface area contributed by atoms with Crippen molar-refractivity contribution in [2.24, 2.45) is 0 Å². The van der Waals surface area contributed by atoms with Crippen molar-refractivity contribution in [1.29, 1.82) is 0 Å². The summed E-state index contributed by atoms with van der Waals surface area (Å²) in [5, 5.41) is 0. The van der Waals surface area contributed by atoms with Crippen LogP contribution < -0.4 is 0 Å². The Balaban J connectivity index is 4.13. The van der Waals surface area contributed by atoms with E-state index in [1.165, 1.54) is 83.7 Å². The SMILES string of the molecule is CCCCCCN(CCC)C(CCC)CCCCC. The summed E-state index contributed by atoms with van der Waals surface area (Å²) in [4.78, 5) is 2.80. The van der Waals surface area contributed by atoms with Gasteiger partial charge in [0.1, 0.15) is 0 Å². The molecule has 0 rings (SSSR count). The van der Waals surface area contributed by atoms with Crippen molar-refractivity contribution in [3.8, 4) is 0 Å². The first-order valence-electron chi connectivity index (χ1n) is 9.04. The van der Waals surface area contributed by atoms with Gasteiger partial charge in [-0.25, -0.2) is 0 Å². The van der Waals surface area contributed by atoms with Gasteiger partial charge in [0, 0.05) is 6.04 Å². The molecule has 0 aromatic heterocycles. The zero-order chi connectivity index (χ0) is 14.3. The Morgan fingerprint density at radius 2 is 1.26 bits per heavy atom. The largest absolute Gasteiger partial charge is 0.300 e. The van der Waals surface area contributed by atoms with Gasteiger partial charge in [0.25, 0.3) is 0 Å². The van der Waals surface area contributed by atoms with Crippen LogP contribution in [0.4, 0.5) is 0 Å². The summed E-state index contributed by atoms with van der Waals surface area (Å²) in [5.74, 6) is 0. The Morgan fingerprint density at radius 1 is 0.579 bits per heavy atom. The second-order valence-corrected chi connectivity index (χ2v) is 6.03. The van der Waals surface area contributed by atoms with Gasteiger partial charge in [0.2, 0.25) is 0 Å². The summed E-state index contributed by atoms with van der Waals surface area (Å²) in [7, 11) is 0. The molecule has 1 nitrogen and oxygen atoms in total. The van der Waals surface area contributed by atoms with E-state index < -0.39 is 0 Å². The topological polar surface area (TPSA) is 3.24 Å². The van der Waals surface area contributed by atoms with Crippen LogP contribution >= 0.6 is 0 Å². The smallest absolute Gasteiger partial charge is 0.00951 e. The standard InChI is InChI=1S/C18H39N/c1-5-9-11-13-17-19(16-8-4)18(14-7-3)15-12-10-6-2/h18H,5-17H2,1-4H3. The van der Waals surface area contributed by atoms with Crippen LogP contribution in [0.25, 0.3) is 0 Å². The molecule has 116 valence electrons. The fraction of sp³-hybridized carbons (Fsp3) is 1.00. The van der Waals surface area contributed by atoms with Crippen LogP contribution in [0.5, 0.6) is 0 Å². The van der Waals surface area contributed by atoms with Crippen molar-refractivity contribution in [2.45, 2.75) is 104 Å². The average molecular weight is 270 g/mol. The molecule has 0 aromatic rings. The molecule has 0 spiro atoms. The van der Waals surface area contributed by atoms with E-state index in [4.69, 9.17) is 0 Å². The normalized spacial score (nSPS) is 13.1. The average Bonchev–Trinajstić information content (AvgIpc) is 2.42. The third-order valence-electron chi connectivity index (χ3n) is 4.09. The number of rotatable bonds is 14. The zero-order valence-corrected chi connectivity index (χ0v) is 14.2. The molecule has 0 fully saturated rings. The van der Waals surface area contributed by atoms with Crippen molar-refractivity contribution < 1.29 is 0 Å². The van der Waals surface area contributed by atoms with E-state index in [1.54, 1.807) is 0 Å². The quantitative estimate of drug-likeness (QED) is 0.348. The number of hydrogen-bond donors (Lipinski definition) is 0. The van der Waals surface area contributed by atoms with Gasteiger partial charge in [-0.05, 0) is 38.8 Å². The maximum atomic E-state index is 2.80. The fourth-order valence-corrected chi connectivity index (χ4v) is 2.98. The molecule has 1 unspecified atom stereocenters. The van der Waals surface area contributed by atoms with Crippen molar-refractivity contribution in [1.82, 2.24) is 4.90 Å². The van der Waals surface area contributed by atoms with Gasteiger partial charge < -0.3 is 4.90 Å². The zero-order valence-electron chi connectivity index (χ0n) is 14.2. The van der Waals surface area contributed by atoms with Crippen molar-refractivity contribution in [2.75, 3.05) is 13.1 Å². The molecular weight excluding hydrogens is 230 g/mol. The Bertz CT molecular complexity index is 167. The lowest BCUT2D eigenvalue weighted by molar-refractivity contribution is 0.169. The third-order valence-corrected chi connectivity index (χ3v) is 4.09. The molecule has 0 amide bonds. The van der Waals surface area contributed by atoms with E-state index in [0.717, 1.165) is 6.04 Å². The van der Waals surface area contributed by atoms with Crippen LogP contribution in [0.15, 0.2) is 0 Å². The molecule has 0 N–H and O–H groups in total. The molecule has 0 saturated carbocycles. The Kier molecular flexibility index (Phi) is 14.3. The van der Waals surface area contributed by atoms with E-state index in [0.29, 0.717) is 0 Å². The number of nitrogens with zero attached hydrogens (tertiary/aromatic N) is 1. The first-order valence-corrected chi connectivity index (χ1v) is 9.04. The lowest BCUT2D eigenvalue weighted by Crippen LogP contribution is -2.36. The van der Waals surface area contributed by atoms with Crippen molar-refractivity contribution in [3.63, 3.8) is 0 Å². The van der Waals surface area contributed by atoms with Crippen LogP contribution in [0.2, 0.25) is 0 Å². The summed E-state index contributed by atoms with van der Waals surface area (Å²) < 4.78 is 0. The van der Waals surface area contributed by atoms with Gasteiger partial charge in [-0.2, -0.15) is 0 Å². The fourth-order valence-electron chi connectivity index (χ4n) is 2.98. The second kappa shape index (κ2) is 14.4. The molecule has 19 heavy (non-hydrogen) atoms. The van der Waals surface area contributed by atoms with Gasteiger partial charge in [-0.1, -0.05) is 72.6 Å². The molecule has 1 atom stereocenters. The first kappa shape index (κ1) is 19.0. The van der Waals surface area contributed by atoms with Gasteiger partial charge in [-0.3, -0.25) is 0 Å². The highest BCUT2D eigenvalue weighted by atomic mass is 15.1. The minimum absolute atomic E-state index is 0.859. The lowest BCUT2D eigenvalue weighted by Gasteiger charge is -2.31. The number of hydrogen-bond acceptors (Lipinski definition) is 1. The Hall–Kier alpha value is -0.0400. The van der Waals surface area contributed by atoms with Crippen LogP contribution in [-0.2, 0) is 0 Å². The highest BCUT2D eigenvalue weighted by Gasteiger charge is 2.16. The van der Waals surface area contributed by atoms with Gasteiger partial charge in [0.15, 0.2) is 0 Å². The van der Waals surface area contributed by atoms with E-state index in [2.05, 4.69) is 32.6 Å². The summed E-state index contributed by atoms with van der Waals surface area (Å²) >= 11 is 0. The van der Waals surface area contributed by atoms with Crippen LogP contribution in [0, 0.1) is 0 Å². The third kappa shape index (κ3) is 10.4. The van der Waals surface area contributed by atoms with E-state index in [-0.39, 0.29) is 0 Å². The highest BCUT2D eigenvalue weighted by Crippen LogP contribution is 2.17. The predicted octanol–water partition coefficient (Wildman–Crippen LogP) is 6.03. The number of unbranched alkanes of at least 4 members (excludes halogenated alkanes) is 5. The molecule has 0 aliphatic rings. The molecule has 0 radical (unpaired) electrons. The molecule has 0 aliphatic carbocycles. The van der Waals surface area contributed by atoms with E-state index in [1.807, 2.05) is 0 Å². The summed E-state index contributed by atoms with van der Waals surface area (Å²) in [6.07, 6.45) is 15.2. The Labute approximate surface area is 123 Å². The maximum absolute atomic E-state index is 2.80. The molecule has 1 heteroatoms. The van der Waals surface area contributed by atoms with Crippen LogP contribution in [0.1, 0.15) is 98.3 Å². The highest BCUT2D eigenvalue weighted by molar-refractivity contribution is 4.71. The molecule has 0 saturated heterocycles. The van der Waals surface area contributed by atoms with Gasteiger partial charge in [-0.15, -0.1) is 0 Å². The van der Waals surface area contributed by atoms with E-state index >= 15 is 0 Å². The first-order chi connectivity index (χ1) is 9.29. The second-order valence-electron chi connectivity index (χ2n) is 6.03. The lowest BCUT2D eigenvalue weighted by atomic mass is 10.0. The molecule has 0 aliphatic heterocycles. The van der Waals surface area contributed by atoms with E-state index in [9.17, 15) is 0 Å². The summed E-state index contributed by atoms with van der Waals surface area (Å²) in [6, 6.07) is 0.859. The maximum Gasteiger partial charge on any atom is 0.00951 e. The molecular formula is C18H39N. The minimum Gasteiger partial charge on any atom is -0.300 e. The predicted molar refractivity (Wildman–Crippen MR) is 88.8 cm³/mol.